The number of carbonyl (C=O) groups is 3. The summed E-state index contributed by atoms with van der Waals surface area (Å²) in [5.41, 5.74) is 0.977. The summed E-state index contributed by atoms with van der Waals surface area (Å²) in [6.07, 6.45) is 8.01. The Hall–Kier alpha value is -2.81. The van der Waals surface area contributed by atoms with E-state index in [0.717, 1.165) is 38.6 Å². The number of carbonyl (C=O) groups excluding carboxylic acids is 3. The van der Waals surface area contributed by atoms with Crippen LogP contribution >= 0.6 is 0 Å². The monoisotopic (exact) mass is 484 g/mol. The molecule has 2 aliphatic carbocycles. The molecule has 9 nitrogen and oxygen atoms in total. The van der Waals surface area contributed by atoms with E-state index in [4.69, 9.17) is 9.47 Å². The van der Waals surface area contributed by atoms with Crippen molar-refractivity contribution in [2.45, 2.75) is 82.1 Å². The third-order valence-electron chi connectivity index (χ3n) is 7.66. The van der Waals surface area contributed by atoms with Crippen LogP contribution in [-0.2, 0) is 9.53 Å². The van der Waals surface area contributed by atoms with Crippen LogP contribution in [0.25, 0.3) is 0 Å². The minimum Gasteiger partial charge on any atom is -0.490 e. The SMILES string of the molecule is CN1C(=O)c2cc(NC(=O)NC3CCCC3)ccc2OC[C@@H]2O[C@H](CC(=O)NCC3CC3)CC[C@H]21. The van der Waals surface area contributed by atoms with Crippen LogP contribution in [0, 0.1) is 5.92 Å². The van der Waals surface area contributed by atoms with E-state index in [-0.39, 0.29) is 42.1 Å². The number of nitrogens with zero attached hydrogens (tertiary/aromatic N) is 1. The Kier molecular flexibility index (Phi) is 7.13. The molecule has 35 heavy (non-hydrogen) atoms. The fourth-order valence-electron chi connectivity index (χ4n) is 5.39. The molecule has 1 aromatic carbocycles. The van der Waals surface area contributed by atoms with Crippen LogP contribution in [0.2, 0.25) is 0 Å². The number of ether oxygens (including phenoxy) is 2. The number of hydrogen-bond acceptors (Lipinski definition) is 5. The van der Waals surface area contributed by atoms with Crippen LogP contribution < -0.4 is 20.7 Å². The summed E-state index contributed by atoms with van der Waals surface area (Å²) < 4.78 is 12.3. The largest absolute Gasteiger partial charge is 0.490 e. The summed E-state index contributed by atoms with van der Waals surface area (Å²) in [5.74, 6) is 0.972. The minimum absolute atomic E-state index is 0.0267. The zero-order valence-corrected chi connectivity index (χ0v) is 20.4. The first-order chi connectivity index (χ1) is 17.0. The summed E-state index contributed by atoms with van der Waals surface area (Å²) in [6.45, 7) is 1.05. The summed E-state index contributed by atoms with van der Waals surface area (Å²) in [7, 11) is 1.79. The van der Waals surface area contributed by atoms with Gasteiger partial charge in [-0.05, 0) is 62.6 Å². The van der Waals surface area contributed by atoms with Gasteiger partial charge < -0.3 is 30.3 Å². The molecule has 0 radical (unpaired) electrons. The molecule has 1 aromatic rings. The molecule has 2 heterocycles. The van der Waals surface area contributed by atoms with Crippen molar-refractivity contribution in [2.75, 3.05) is 25.5 Å². The van der Waals surface area contributed by atoms with Gasteiger partial charge in [0.25, 0.3) is 5.91 Å². The number of amides is 4. The number of fused-ring (bicyclic) bond motifs is 2. The van der Waals surface area contributed by atoms with Crippen molar-refractivity contribution in [1.82, 2.24) is 15.5 Å². The molecule has 3 fully saturated rings. The summed E-state index contributed by atoms with van der Waals surface area (Å²) in [4.78, 5) is 39.8. The van der Waals surface area contributed by atoms with Crippen molar-refractivity contribution in [3.8, 4) is 5.75 Å². The van der Waals surface area contributed by atoms with E-state index in [0.29, 0.717) is 42.4 Å². The lowest BCUT2D eigenvalue weighted by molar-refractivity contribution is -0.134. The Morgan fingerprint density at radius 2 is 1.89 bits per heavy atom. The lowest BCUT2D eigenvalue weighted by atomic mass is 9.94. The molecule has 190 valence electrons. The lowest BCUT2D eigenvalue weighted by Gasteiger charge is -2.42. The Bertz CT molecular complexity index is 959. The van der Waals surface area contributed by atoms with Gasteiger partial charge in [0.05, 0.1) is 24.1 Å². The quantitative estimate of drug-likeness (QED) is 0.575. The van der Waals surface area contributed by atoms with E-state index in [2.05, 4.69) is 16.0 Å². The van der Waals surface area contributed by atoms with Crippen LogP contribution in [0.1, 0.15) is 68.1 Å². The molecule has 0 aromatic heterocycles. The molecule has 1 saturated heterocycles. The number of urea groups is 1. The smallest absolute Gasteiger partial charge is 0.319 e. The second kappa shape index (κ2) is 10.4. The molecular weight excluding hydrogens is 448 g/mol. The molecule has 0 unspecified atom stereocenters. The van der Waals surface area contributed by atoms with E-state index < -0.39 is 0 Å². The van der Waals surface area contributed by atoms with Crippen LogP contribution in [-0.4, -0.2) is 67.2 Å². The van der Waals surface area contributed by atoms with Gasteiger partial charge in [0, 0.05) is 25.3 Å². The summed E-state index contributed by atoms with van der Waals surface area (Å²) in [6, 6.07) is 4.97. The molecule has 4 amide bonds. The van der Waals surface area contributed by atoms with Gasteiger partial charge in [0.1, 0.15) is 18.5 Å². The van der Waals surface area contributed by atoms with E-state index in [1.54, 1.807) is 30.1 Å². The Labute approximate surface area is 206 Å². The van der Waals surface area contributed by atoms with Gasteiger partial charge in [-0.2, -0.15) is 0 Å². The topological polar surface area (TPSA) is 109 Å². The zero-order valence-electron chi connectivity index (χ0n) is 20.4. The van der Waals surface area contributed by atoms with Crippen LogP contribution in [0.4, 0.5) is 10.5 Å². The first kappa shape index (κ1) is 23.9. The van der Waals surface area contributed by atoms with E-state index >= 15 is 0 Å². The molecule has 2 aliphatic heterocycles. The molecule has 4 aliphatic rings. The Morgan fingerprint density at radius 1 is 1.09 bits per heavy atom. The van der Waals surface area contributed by atoms with Crippen molar-refractivity contribution in [3.05, 3.63) is 23.8 Å². The summed E-state index contributed by atoms with van der Waals surface area (Å²) >= 11 is 0. The van der Waals surface area contributed by atoms with Crippen LogP contribution in [0.15, 0.2) is 18.2 Å². The highest BCUT2D eigenvalue weighted by molar-refractivity contribution is 5.99. The lowest BCUT2D eigenvalue weighted by Crippen LogP contribution is -2.54. The normalized spacial score (nSPS) is 26.6. The highest BCUT2D eigenvalue weighted by Crippen LogP contribution is 2.33. The second-order valence-corrected chi connectivity index (χ2v) is 10.4. The average molecular weight is 485 g/mol. The van der Waals surface area contributed by atoms with Crippen molar-refractivity contribution >= 4 is 23.5 Å². The molecule has 3 N–H and O–H groups in total. The zero-order chi connectivity index (χ0) is 24.4. The van der Waals surface area contributed by atoms with Gasteiger partial charge in [0.2, 0.25) is 5.91 Å². The van der Waals surface area contributed by atoms with Gasteiger partial charge in [-0.1, -0.05) is 12.8 Å². The standard InChI is InChI=1S/C26H36N4O5/c1-30-21-10-9-19(13-24(31)27-14-16-6-7-16)35-23(21)15-34-22-11-8-18(12-20(22)25(30)32)29-26(33)28-17-4-2-3-5-17/h8,11-12,16-17,19,21,23H,2-7,9-10,13-15H2,1H3,(H,27,31)(H2,28,29,33)/t19-,21+,23-/m0/s1. The van der Waals surface area contributed by atoms with Crippen molar-refractivity contribution in [1.29, 1.82) is 0 Å². The van der Waals surface area contributed by atoms with E-state index in [1.165, 1.54) is 12.8 Å². The molecular formula is C26H36N4O5. The van der Waals surface area contributed by atoms with Crippen LogP contribution in [0.3, 0.4) is 0 Å². The third-order valence-corrected chi connectivity index (χ3v) is 7.66. The maximum absolute atomic E-state index is 13.4. The maximum Gasteiger partial charge on any atom is 0.319 e. The Balaban J connectivity index is 1.21. The second-order valence-electron chi connectivity index (χ2n) is 10.4. The molecule has 2 saturated carbocycles. The van der Waals surface area contributed by atoms with E-state index in [9.17, 15) is 14.4 Å². The van der Waals surface area contributed by atoms with Crippen molar-refractivity contribution in [3.63, 3.8) is 0 Å². The fraction of sp³-hybridized carbons (Fsp3) is 0.654. The maximum atomic E-state index is 13.4. The van der Waals surface area contributed by atoms with Gasteiger partial charge in [-0.25, -0.2) is 4.79 Å². The Morgan fingerprint density at radius 3 is 2.66 bits per heavy atom. The van der Waals surface area contributed by atoms with Gasteiger partial charge in [-0.3, -0.25) is 9.59 Å². The molecule has 0 bridgehead atoms. The number of rotatable bonds is 6. The predicted octanol–water partition coefficient (Wildman–Crippen LogP) is 3.05. The average Bonchev–Trinajstić information content (AvgIpc) is 3.54. The highest BCUT2D eigenvalue weighted by atomic mass is 16.5. The number of likely N-dealkylation sites (N-methyl/N-ethyl adjacent to an activating group) is 1. The molecule has 9 heteroatoms. The van der Waals surface area contributed by atoms with Crippen LogP contribution in [0.5, 0.6) is 5.75 Å². The van der Waals surface area contributed by atoms with Crippen molar-refractivity contribution < 1.29 is 23.9 Å². The number of anilines is 1. The first-order valence-electron chi connectivity index (χ1n) is 13.0. The fourth-order valence-corrected chi connectivity index (χ4v) is 5.39. The number of nitrogens with one attached hydrogen (secondary N) is 3. The number of hydrogen-bond donors (Lipinski definition) is 3. The summed E-state index contributed by atoms with van der Waals surface area (Å²) in [5, 5.41) is 8.86. The minimum atomic E-state index is -0.304. The molecule has 5 rings (SSSR count). The van der Waals surface area contributed by atoms with Crippen molar-refractivity contribution in [2.24, 2.45) is 5.92 Å². The first-order valence-corrected chi connectivity index (χ1v) is 13.0. The third kappa shape index (κ3) is 5.89. The predicted molar refractivity (Wildman–Crippen MR) is 130 cm³/mol. The number of benzene rings is 1. The highest BCUT2D eigenvalue weighted by Gasteiger charge is 2.39. The van der Waals surface area contributed by atoms with Gasteiger partial charge in [-0.15, -0.1) is 0 Å². The van der Waals surface area contributed by atoms with Gasteiger partial charge >= 0.3 is 6.03 Å². The van der Waals surface area contributed by atoms with E-state index in [1.807, 2.05) is 0 Å². The molecule has 0 spiro atoms. The van der Waals surface area contributed by atoms with Gasteiger partial charge in [0.15, 0.2) is 0 Å². The molecule has 3 atom stereocenters.